The van der Waals surface area contributed by atoms with Gasteiger partial charge in [0, 0.05) is 12.5 Å². The van der Waals surface area contributed by atoms with Crippen LogP contribution in [0.3, 0.4) is 0 Å². The summed E-state index contributed by atoms with van der Waals surface area (Å²) in [6.45, 7) is 2.11. The van der Waals surface area contributed by atoms with Crippen molar-refractivity contribution in [1.29, 1.82) is 0 Å². The molecule has 1 saturated carbocycles. The fourth-order valence-electron chi connectivity index (χ4n) is 1.62. The Kier molecular flexibility index (Phi) is 1.98. The van der Waals surface area contributed by atoms with Crippen LogP contribution in [0.25, 0.3) is 0 Å². The van der Waals surface area contributed by atoms with Crippen molar-refractivity contribution in [2.75, 3.05) is 0 Å². The summed E-state index contributed by atoms with van der Waals surface area (Å²) in [5.41, 5.74) is 0. The minimum absolute atomic E-state index is 0.0102. The van der Waals surface area contributed by atoms with Gasteiger partial charge in [-0.15, -0.1) is 0 Å². The highest BCUT2D eigenvalue weighted by Gasteiger charge is 2.36. The van der Waals surface area contributed by atoms with Gasteiger partial charge in [0.2, 0.25) is 11.8 Å². The third-order valence-corrected chi connectivity index (χ3v) is 2.75. The summed E-state index contributed by atoms with van der Waals surface area (Å²) in [4.78, 5) is 22.3. The molecule has 2 amide bonds. The van der Waals surface area contributed by atoms with Gasteiger partial charge < -0.3 is 10.6 Å². The highest BCUT2D eigenvalue weighted by atomic mass is 16.2. The summed E-state index contributed by atoms with van der Waals surface area (Å²) >= 11 is 0. The van der Waals surface area contributed by atoms with Crippen LogP contribution in [0.5, 0.6) is 0 Å². The molecule has 0 radical (unpaired) electrons. The molecule has 13 heavy (non-hydrogen) atoms. The summed E-state index contributed by atoms with van der Waals surface area (Å²) in [6, 6.07) is 0.0744. The van der Waals surface area contributed by atoms with Gasteiger partial charge >= 0.3 is 0 Å². The minimum Gasteiger partial charge on any atom is -0.351 e. The predicted molar refractivity (Wildman–Crippen MR) is 46.9 cm³/mol. The molecule has 0 spiro atoms. The lowest BCUT2D eigenvalue weighted by atomic mass is 10.2. The van der Waals surface area contributed by atoms with Crippen molar-refractivity contribution in [3.63, 3.8) is 0 Å². The molecule has 0 aromatic carbocycles. The van der Waals surface area contributed by atoms with Gasteiger partial charge in [0.1, 0.15) is 6.04 Å². The van der Waals surface area contributed by atoms with Gasteiger partial charge in [0.05, 0.1) is 0 Å². The van der Waals surface area contributed by atoms with Gasteiger partial charge in [-0.2, -0.15) is 0 Å². The van der Waals surface area contributed by atoms with Crippen LogP contribution in [0, 0.1) is 5.92 Å². The van der Waals surface area contributed by atoms with E-state index in [4.69, 9.17) is 0 Å². The first-order chi connectivity index (χ1) is 6.16. The number of hydrogen-bond acceptors (Lipinski definition) is 2. The fourth-order valence-corrected chi connectivity index (χ4v) is 1.62. The Bertz CT molecular complexity index is 252. The average Bonchev–Trinajstić information content (AvgIpc) is 2.62. The summed E-state index contributed by atoms with van der Waals surface area (Å²) in [5, 5.41) is 5.56. The second kappa shape index (κ2) is 3.01. The highest BCUT2D eigenvalue weighted by molar-refractivity contribution is 5.91. The van der Waals surface area contributed by atoms with Crippen LogP contribution < -0.4 is 10.6 Å². The molecule has 1 aliphatic heterocycles. The van der Waals surface area contributed by atoms with Gasteiger partial charge in [-0.25, -0.2) is 0 Å². The lowest BCUT2D eigenvalue weighted by molar-refractivity contribution is -0.125. The molecule has 3 atom stereocenters. The molecule has 0 aromatic rings. The third kappa shape index (κ3) is 1.82. The quantitative estimate of drug-likeness (QED) is 0.620. The summed E-state index contributed by atoms with van der Waals surface area (Å²) in [5.74, 6) is 0.588. The Morgan fingerprint density at radius 3 is 2.77 bits per heavy atom. The Balaban J connectivity index is 1.80. The molecule has 2 aliphatic rings. The van der Waals surface area contributed by atoms with Gasteiger partial charge in [-0.1, -0.05) is 6.92 Å². The van der Waals surface area contributed by atoms with E-state index in [2.05, 4.69) is 17.6 Å². The molecule has 0 aromatic heterocycles. The number of hydrogen-bond donors (Lipinski definition) is 2. The van der Waals surface area contributed by atoms with Crippen LogP contribution in [0.4, 0.5) is 0 Å². The zero-order chi connectivity index (χ0) is 9.42. The molecule has 72 valence electrons. The van der Waals surface area contributed by atoms with E-state index in [0.29, 0.717) is 24.8 Å². The molecule has 1 heterocycles. The number of carbonyl (C=O) groups is 2. The van der Waals surface area contributed by atoms with Crippen molar-refractivity contribution < 1.29 is 9.59 Å². The van der Waals surface area contributed by atoms with E-state index in [-0.39, 0.29) is 17.9 Å². The minimum atomic E-state index is -0.278. The van der Waals surface area contributed by atoms with Crippen molar-refractivity contribution in [1.82, 2.24) is 10.6 Å². The van der Waals surface area contributed by atoms with E-state index >= 15 is 0 Å². The molecular formula is C9H14N2O2. The van der Waals surface area contributed by atoms with Gasteiger partial charge in [-0.05, 0) is 18.8 Å². The fraction of sp³-hybridized carbons (Fsp3) is 0.778. The number of nitrogens with one attached hydrogen (secondary N) is 2. The predicted octanol–water partition coefficient (Wildman–Crippen LogP) is -0.210. The van der Waals surface area contributed by atoms with Crippen LogP contribution in [0.1, 0.15) is 26.2 Å². The summed E-state index contributed by atoms with van der Waals surface area (Å²) in [6.07, 6.45) is 2.20. The van der Waals surface area contributed by atoms with Crippen LogP contribution in [0.2, 0.25) is 0 Å². The van der Waals surface area contributed by atoms with Gasteiger partial charge in [-0.3, -0.25) is 9.59 Å². The smallest absolute Gasteiger partial charge is 0.242 e. The van der Waals surface area contributed by atoms with Crippen molar-refractivity contribution in [2.24, 2.45) is 5.92 Å². The van der Waals surface area contributed by atoms with Gasteiger partial charge in [0.25, 0.3) is 0 Å². The molecule has 2 fully saturated rings. The van der Waals surface area contributed by atoms with Crippen molar-refractivity contribution in [3.8, 4) is 0 Å². The zero-order valence-corrected chi connectivity index (χ0v) is 7.67. The van der Waals surface area contributed by atoms with E-state index in [1.807, 2.05) is 0 Å². The van der Waals surface area contributed by atoms with E-state index in [1.54, 1.807) is 0 Å². The Morgan fingerprint density at radius 1 is 1.62 bits per heavy atom. The molecule has 2 N–H and O–H groups in total. The molecule has 0 bridgehead atoms. The van der Waals surface area contributed by atoms with Crippen LogP contribution >= 0.6 is 0 Å². The zero-order valence-electron chi connectivity index (χ0n) is 7.67. The number of carbonyl (C=O) groups excluding carboxylic acids is 2. The summed E-state index contributed by atoms with van der Waals surface area (Å²) < 4.78 is 0. The normalized spacial score (nSPS) is 37.0. The van der Waals surface area contributed by atoms with E-state index in [0.717, 1.165) is 6.42 Å². The van der Waals surface area contributed by atoms with Crippen LogP contribution in [0.15, 0.2) is 0 Å². The Labute approximate surface area is 77.1 Å². The second-order valence-electron chi connectivity index (χ2n) is 3.99. The lowest BCUT2D eigenvalue weighted by Crippen LogP contribution is -2.42. The second-order valence-corrected chi connectivity index (χ2v) is 3.99. The third-order valence-electron chi connectivity index (χ3n) is 2.75. The first kappa shape index (κ1) is 8.53. The average molecular weight is 182 g/mol. The standard InChI is InChI=1S/C9H14N2O2/c1-5-4-7(5)11-9(13)6-2-3-8(12)10-6/h5-7H,2-4H2,1H3,(H,10,12)(H,11,13)/t5?,6-,7?/m1/s1. The first-order valence-corrected chi connectivity index (χ1v) is 4.76. The molecule has 4 heteroatoms. The van der Waals surface area contributed by atoms with E-state index < -0.39 is 0 Å². The Morgan fingerprint density at radius 2 is 2.31 bits per heavy atom. The lowest BCUT2D eigenvalue weighted by Gasteiger charge is -2.09. The van der Waals surface area contributed by atoms with E-state index in [9.17, 15) is 9.59 Å². The summed E-state index contributed by atoms with van der Waals surface area (Å²) in [7, 11) is 0. The molecular weight excluding hydrogens is 168 g/mol. The van der Waals surface area contributed by atoms with Gasteiger partial charge in [0.15, 0.2) is 0 Å². The molecule has 1 aliphatic carbocycles. The molecule has 2 unspecified atom stereocenters. The van der Waals surface area contributed by atoms with Crippen LogP contribution in [-0.2, 0) is 9.59 Å². The van der Waals surface area contributed by atoms with Crippen molar-refractivity contribution in [3.05, 3.63) is 0 Å². The maximum Gasteiger partial charge on any atom is 0.242 e. The SMILES string of the molecule is CC1CC1NC(=O)[C@H]1CCC(=O)N1. The number of rotatable bonds is 2. The molecule has 4 nitrogen and oxygen atoms in total. The first-order valence-electron chi connectivity index (χ1n) is 4.76. The Hall–Kier alpha value is -1.06. The van der Waals surface area contributed by atoms with Crippen LogP contribution in [-0.4, -0.2) is 23.9 Å². The molecule has 2 rings (SSSR count). The van der Waals surface area contributed by atoms with E-state index in [1.165, 1.54) is 0 Å². The largest absolute Gasteiger partial charge is 0.351 e. The maximum absolute atomic E-state index is 11.5. The monoisotopic (exact) mass is 182 g/mol. The highest BCUT2D eigenvalue weighted by Crippen LogP contribution is 2.29. The number of amides is 2. The topological polar surface area (TPSA) is 58.2 Å². The van der Waals surface area contributed by atoms with Crippen molar-refractivity contribution >= 4 is 11.8 Å². The maximum atomic E-state index is 11.5. The molecule has 1 saturated heterocycles. The van der Waals surface area contributed by atoms with Crippen molar-refractivity contribution in [2.45, 2.75) is 38.3 Å².